The van der Waals surface area contributed by atoms with Crippen LogP contribution < -0.4 is 19.8 Å². The number of benzene rings is 2. The number of methoxy groups -OCH3 is 2. The molecule has 0 saturated carbocycles. The fourth-order valence-corrected chi connectivity index (χ4v) is 2.68. The second-order valence-corrected chi connectivity index (χ2v) is 5.82. The molecule has 2 aromatic carbocycles. The van der Waals surface area contributed by atoms with E-state index < -0.39 is 5.63 Å². The molecule has 0 spiro atoms. The van der Waals surface area contributed by atoms with Crippen LogP contribution in [0.1, 0.15) is 5.89 Å². The molecule has 0 aliphatic rings. The molecular weight excluding hydrogens is 364 g/mol. The predicted molar refractivity (Wildman–Crippen MR) is 99.7 cm³/mol. The van der Waals surface area contributed by atoms with E-state index in [4.69, 9.17) is 23.2 Å². The molecule has 0 bridgehead atoms. The first-order chi connectivity index (χ1) is 13.7. The Balaban J connectivity index is 1.52. The van der Waals surface area contributed by atoms with Crippen molar-refractivity contribution in [3.05, 3.63) is 64.8 Å². The van der Waals surface area contributed by atoms with E-state index in [2.05, 4.69) is 10.1 Å². The molecule has 0 radical (unpaired) electrons. The monoisotopic (exact) mass is 380 g/mol. The molecule has 0 aliphatic carbocycles. The van der Waals surface area contributed by atoms with E-state index in [1.807, 2.05) is 0 Å². The van der Waals surface area contributed by atoms with E-state index in [9.17, 15) is 4.79 Å². The minimum absolute atomic E-state index is 0.0635. The van der Waals surface area contributed by atoms with Gasteiger partial charge in [0.2, 0.25) is 5.82 Å². The topological polar surface area (TPSA) is 96.8 Å². The second-order valence-electron chi connectivity index (χ2n) is 5.82. The van der Waals surface area contributed by atoms with Crippen molar-refractivity contribution in [2.75, 3.05) is 14.2 Å². The normalized spacial score (nSPS) is 10.8. The summed E-state index contributed by atoms with van der Waals surface area (Å²) in [4.78, 5) is 15.7. The molecule has 4 aromatic rings. The van der Waals surface area contributed by atoms with E-state index in [1.165, 1.54) is 6.07 Å². The standard InChI is InChI=1S/C20H16N2O6/c1-24-13-6-7-15(17(9-13)25-2)20-21-18(28-22-20)11-26-14-5-3-12-4-8-19(23)27-16(12)10-14/h3-10H,11H2,1-2H3. The van der Waals surface area contributed by atoms with Gasteiger partial charge < -0.3 is 23.2 Å². The van der Waals surface area contributed by atoms with E-state index in [0.717, 1.165) is 5.39 Å². The molecule has 0 fully saturated rings. The minimum atomic E-state index is -0.417. The fourth-order valence-electron chi connectivity index (χ4n) is 2.68. The van der Waals surface area contributed by atoms with Gasteiger partial charge in [0.25, 0.3) is 5.89 Å². The lowest BCUT2D eigenvalue weighted by molar-refractivity contribution is 0.243. The summed E-state index contributed by atoms with van der Waals surface area (Å²) in [5, 5.41) is 4.78. The van der Waals surface area contributed by atoms with Gasteiger partial charge in [-0.2, -0.15) is 4.98 Å². The Morgan fingerprint density at radius 2 is 1.79 bits per heavy atom. The number of nitrogens with zero attached hydrogens (tertiary/aromatic N) is 2. The van der Waals surface area contributed by atoms with Crippen LogP contribution in [-0.4, -0.2) is 24.4 Å². The number of ether oxygens (including phenoxy) is 3. The summed E-state index contributed by atoms with van der Waals surface area (Å²) >= 11 is 0. The summed E-state index contributed by atoms with van der Waals surface area (Å²) in [7, 11) is 3.14. The van der Waals surface area contributed by atoms with Crippen molar-refractivity contribution in [3.63, 3.8) is 0 Å². The van der Waals surface area contributed by atoms with Crippen molar-refractivity contribution in [1.82, 2.24) is 10.1 Å². The van der Waals surface area contributed by atoms with Gasteiger partial charge in [0.05, 0.1) is 19.8 Å². The molecule has 0 N–H and O–H groups in total. The van der Waals surface area contributed by atoms with Crippen LogP contribution in [-0.2, 0) is 6.61 Å². The average Bonchev–Trinajstić information content (AvgIpc) is 3.20. The third-order valence-corrected chi connectivity index (χ3v) is 4.07. The largest absolute Gasteiger partial charge is 0.497 e. The molecule has 0 aliphatic heterocycles. The van der Waals surface area contributed by atoms with Crippen LogP contribution in [0, 0.1) is 0 Å². The number of rotatable bonds is 6. The first-order valence-electron chi connectivity index (χ1n) is 8.38. The highest BCUT2D eigenvalue weighted by atomic mass is 16.5. The maximum absolute atomic E-state index is 11.3. The Hall–Kier alpha value is -3.81. The van der Waals surface area contributed by atoms with Crippen LogP contribution in [0.3, 0.4) is 0 Å². The highest BCUT2D eigenvalue weighted by Crippen LogP contribution is 2.31. The van der Waals surface area contributed by atoms with E-state index >= 15 is 0 Å². The van der Waals surface area contributed by atoms with Gasteiger partial charge in [0, 0.05) is 23.6 Å². The van der Waals surface area contributed by atoms with Gasteiger partial charge in [-0.25, -0.2) is 4.79 Å². The summed E-state index contributed by atoms with van der Waals surface area (Å²) < 4.78 is 26.6. The van der Waals surface area contributed by atoms with Crippen LogP contribution >= 0.6 is 0 Å². The predicted octanol–water partition coefficient (Wildman–Crippen LogP) is 3.44. The highest BCUT2D eigenvalue weighted by Gasteiger charge is 2.15. The Morgan fingerprint density at radius 1 is 0.964 bits per heavy atom. The Morgan fingerprint density at radius 3 is 2.61 bits per heavy atom. The molecule has 2 heterocycles. The van der Waals surface area contributed by atoms with Crippen LogP contribution in [0.4, 0.5) is 0 Å². The van der Waals surface area contributed by atoms with Gasteiger partial charge >= 0.3 is 5.63 Å². The van der Waals surface area contributed by atoms with Gasteiger partial charge in [-0.15, -0.1) is 0 Å². The van der Waals surface area contributed by atoms with Crippen molar-refractivity contribution < 1.29 is 23.2 Å². The number of aromatic nitrogens is 2. The smallest absolute Gasteiger partial charge is 0.336 e. The molecule has 8 nitrogen and oxygen atoms in total. The summed E-state index contributed by atoms with van der Waals surface area (Å²) in [6, 6.07) is 13.6. The average molecular weight is 380 g/mol. The molecule has 8 heteroatoms. The maximum Gasteiger partial charge on any atom is 0.336 e. The first-order valence-corrected chi connectivity index (χ1v) is 8.38. The van der Waals surface area contributed by atoms with Gasteiger partial charge in [0.15, 0.2) is 6.61 Å². The zero-order valence-corrected chi connectivity index (χ0v) is 15.2. The van der Waals surface area contributed by atoms with Gasteiger partial charge in [-0.05, 0) is 30.3 Å². The molecular formula is C20H16N2O6. The molecule has 0 unspecified atom stereocenters. The Bertz CT molecular complexity index is 1180. The summed E-state index contributed by atoms with van der Waals surface area (Å²) in [6.45, 7) is 0.0635. The van der Waals surface area contributed by atoms with Gasteiger partial charge in [0.1, 0.15) is 22.8 Å². The minimum Gasteiger partial charge on any atom is -0.497 e. The Kier molecular flexibility index (Phi) is 4.67. The van der Waals surface area contributed by atoms with Gasteiger partial charge in [-0.1, -0.05) is 5.16 Å². The number of hydrogen-bond acceptors (Lipinski definition) is 8. The van der Waals surface area contributed by atoms with Crippen LogP contribution in [0.5, 0.6) is 17.2 Å². The maximum atomic E-state index is 11.3. The lowest BCUT2D eigenvalue weighted by atomic mass is 10.2. The molecule has 28 heavy (non-hydrogen) atoms. The third-order valence-electron chi connectivity index (χ3n) is 4.07. The van der Waals surface area contributed by atoms with Crippen LogP contribution in [0.15, 0.2) is 62.3 Å². The molecule has 4 rings (SSSR count). The van der Waals surface area contributed by atoms with Crippen molar-refractivity contribution >= 4 is 11.0 Å². The summed E-state index contributed by atoms with van der Waals surface area (Å²) in [6.07, 6.45) is 0. The number of fused-ring (bicyclic) bond motifs is 1. The van der Waals surface area contributed by atoms with E-state index in [1.54, 1.807) is 56.7 Å². The first kappa shape index (κ1) is 17.6. The number of hydrogen-bond donors (Lipinski definition) is 0. The lowest BCUT2D eigenvalue weighted by Gasteiger charge is -2.07. The quantitative estimate of drug-likeness (QED) is 0.469. The SMILES string of the molecule is COc1ccc(-c2noc(COc3ccc4ccc(=O)oc4c3)n2)c(OC)c1. The molecule has 0 amide bonds. The highest BCUT2D eigenvalue weighted by molar-refractivity contribution is 5.77. The molecule has 0 saturated heterocycles. The van der Waals surface area contributed by atoms with Crippen molar-refractivity contribution in [2.45, 2.75) is 6.61 Å². The molecule has 2 aromatic heterocycles. The Labute approximate surface area is 159 Å². The fraction of sp³-hybridized carbons (Fsp3) is 0.150. The van der Waals surface area contributed by atoms with Crippen LogP contribution in [0.2, 0.25) is 0 Å². The lowest BCUT2D eigenvalue weighted by Crippen LogP contribution is -1.97. The summed E-state index contributed by atoms with van der Waals surface area (Å²) in [5.41, 5.74) is 0.699. The van der Waals surface area contributed by atoms with Crippen molar-refractivity contribution in [2.24, 2.45) is 0 Å². The molecule has 0 atom stereocenters. The van der Waals surface area contributed by atoms with E-state index in [0.29, 0.717) is 40.1 Å². The van der Waals surface area contributed by atoms with Crippen molar-refractivity contribution in [1.29, 1.82) is 0 Å². The van der Waals surface area contributed by atoms with E-state index in [-0.39, 0.29) is 6.61 Å². The van der Waals surface area contributed by atoms with Crippen LogP contribution in [0.25, 0.3) is 22.4 Å². The zero-order chi connectivity index (χ0) is 19.5. The second kappa shape index (κ2) is 7.43. The third kappa shape index (κ3) is 3.52. The van der Waals surface area contributed by atoms with Crippen molar-refractivity contribution in [3.8, 4) is 28.6 Å². The summed E-state index contributed by atoms with van der Waals surface area (Å²) in [5.74, 6) is 2.42. The van der Waals surface area contributed by atoms with Gasteiger partial charge in [-0.3, -0.25) is 0 Å². The molecule has 142 valence electrons. The zero-order valence-electron chi connectivity index (χ0n) is 15.2.